The first-order chi connectivity index (χ1) is 20.6. The van der Waals surface area contributed by atoms with E-state index in [0.29, 0.717) is 42.3 Å². The number of Topliss-reactive ketones (excluding diaryl/α,β-unsaturated/α-hetero) is 1. The normalized spacial score (nSPS) is 18.7. The van der Waals surface area contributed by atoms with Gasteiger partial charge in [-0.2, -0.15) is 0 Å². The van der Waals surface area contributed by atoms with Crippen molar-refractivity contribution in [3.8, 4) is 0 Å². The van der Waals surface area contributed by atoms with Gasteiger partial charge in [0.2, 0.25) is 11.8 Å². The molecule has 10 nitrogen and oxygen atoms in total. The molecule has 2 N–H and O–H groups in total. The van der Waals surface area contributed by atoms with Crippen LogP contribution in [-0.4, -0.2) is 79.2 Å². The van der Waals surface area contributed by atoms with Gasteiger partial charge in [0.15, 0.2) is 5.78 Å². The van der Waals surface area contributed by atoms with E-state index in [0.717, 1.165) is 31.3 Å². The Morgan fingerprint density at radius 2 is 1.72 bits per heavy atom. The molecule has 0 aromatic heterocycles. The van der Waals surface area contributed by atoms with Crippen molar-refractivity contribution in [2.45, 2.75) is 58.9 Å². The number of hydrogen-bond donors (Lipinski definition) is 2. The average molecular weight is 615 g/mol. The maximum absolute atomic E-state index is 13.2. The summed E-state index contributed by atoms with van der Waals surface area (Å²) >= 11 is 5.87. The van der Waals surface area contributed by atoms with Crippen LogP contribution in [0.4, 0.5) is 10.5 Å². The van der Waals surface area contributed by atoms with Crippen LogP contribution in [0.15, 0.2) is 59.2 Å². The highest BCUT2D eigenvalue weighted by Crippen LogP contribution is 2.23. The van der Waals surface area contributed by atoms with Crippen LogP contribution >= 0.6 is 11.6 Å². The zero-order valence-corrected chi connectivity index (χ0v) is 26.0. The third-order valence-electron chi connectivity index (χ3n) is 7.07. The summed E-state index contributed by atoms with van der Waals surface area (Å²) in [7, 11) is 0. The van der Waals surface area contributed by atoms with Crippen molar-refractivity contribution in [1.82, 2.24) is 15.1 Å². The third kappa shape index (κ3) is 12.8. The number of ketones is 1. The van der Waals surface area contributed by atoms with Crippen molar-refractivity contribution in [3.63, 3.8) is 0 Å². The topological polar surface area (TPSA) is 133 Å². The van der Waals surface area contributed by atoms with Crippen molar-refractivity contribution in [3.05, 3.63) is 64.7 Å². The van der Waals surface area contributed by atoms with Crippen molar-refractivity contribution >= 4 is 54.5 Å². The number of urea groups is 1. The summed E-state index contributed by atoms with van der Waals surface area (Å²) in [5.41, 5.74) is 2.10. The number of halogens is 1. The molecule has 0 aliphatic carbocycles. The number of amides is 4. The number of carbonyl (C=O) groups excluding carboxylic acids is 6. The lowest BCUT2D eigenvalue weighted by Crippen LogP contribution is -2.50. The van der Waals surface area contributed by atoms with E-state index in [1.165, 1.54) is 6.92 Å². The van der Waals surface area contributed by atoms with E-state index in [9.17, 15) is 19.2 Å². The minimum Gasteiger partial charge on any atom is -0.336 e. The van der Waals surface area contributed by atoms with Crippen LogP contribution in [0, 0.1) is 5.92 Å². The van der Waals surface area contributed by atoms with Crippen LogP contribution in [0.25, 0.3) is 0 Å². The quantitative estimate of drug-likeness (QED) is 0.284. The molecule has 2 saturated heterocycles. The van der Waals surface area contributed by atoms with Gasteiger partial charge in [0, 0.05) is 47.9 Å². The van der Waals surface area contributed by atoms with Crippen LogP contribution in [0.1, 0.15) is 63.2 Å². The summed E-state index contributed by atoms with van der Waals surface area (Å²) in [6, 6.07) is 6.24. The van der Waals surface area contributed by atoms with E-state index in [1.54, 1.807) is 34.1 Å². The molecule has 0 spiro atoms. The van der Waals surface area contributed by atoms with Crippen molar-refractivity contribution in [2.24, 2.45) is 5.92 Å². The molecule has 0 saturated carbocycles. The number of piperidine rings is 1. The van der Waals surface area contributed by atoms with Gasteiger partial charge < -0.3 is 30.0 Å². The Hall–Kier alpha value is -4.05. The molecule has 2 atom stereocenters. The first kappa shape index (κ1) is 37.0. The predicted molar refractivity (Wildman–Crippen MR) is 169 cm³/mol. The number of nitrogens with one attached hydrogen (secondary N) is 2. The summed E-state index contributed by atoms with van der Waals surface area (Å²) in [4.78, 5) is 69.8. The molecule has 43 heavy (non-hydrogen) atoms. The van der Waals surface area contributed by atoms with Gasteiger partial charge in [-0.05, 0) is 71.1 Å². The third-order valence-corrected chi connectivity index (χ3v) is 7.19. The molecular weight excluding hydrogens is 572 g/mol. The van der Waals surface area contributed by atoms with Gasteiger partial charge in [-0.1, -0.05) is 47.5 Å². The molecule has 234 valence electrons. The van der Waals surface area contributed by atoms with Crippen molar-refractivity contribution in [1.29, 1.82) is 0 Å². The Labute approximate surface area is 259 Å². The Morgan fingerprint density at radius 3 is 2.40 bits per heavy atom. The number of hydrogen-bond acceptors (Lipinski definition) is 6. The molecule has 1 aromatic rings. The van der Waals surface area contributed by atoms with E-state index in [4.69, 9.17) is 21.2 Å². The largest absolute Gasteiger partial charge is 0.336 e. The molecule has 2 aliphatic heterocycles. The molecular formula is C32H43ClN4O6. The molecule has 0 unspecified atom stereocenters. The van der Waals surface area contributed by atoms with E-state index in [2.05, 4.69) is 10.6 Å². The van der Waals surface area contributed by atoms with Gasteiger partial charge in [0.1, 0.15) is 13.6 Å². The molecule has 2 aliphatic rings. The molecule has 3 rings (SSSR count). The number of nitrogens with zero attached hydrogens (tertiary/aromatic N) is 2. The number of anilines is 1. The highest BCUT2D eigenvalue weighted by molar-refractivity contribution is 6.29. The Bertz CT molecular complexity index is 1190. The van der Waals surface area contributed by atoms with E-state index in [1.807, 2.05) is 51.7 Å². The van der Waals surface area contributed by atoms with Gasteiger partial charge in [-0.25, -0.2) is 4.79 Å². The van der Waals surface area contributed by atoms with Crippen LogP contribution in [-0.2, 0) is 19.2 Å². The van der Waals surface area contributed by atoms with Gasteiger partial charge >= 0.3 is 6.03 Å². The lowest BCUT2D eigenvalue weighted by atomic mass is 9.93. The zero-order valence-electron chi connectivity index (χ0n) is 25.3. The number of benzene rings is 1. The highest BCUT2D eigenvalue weighted by Gasteiger charge is 2.33. The maximum atomic E-state index is 13.2. The van der Waals surface area contributed by atoms with Gasteiger partial charge in [0.25, 0.3) is 0 Å². The fourth-order valence-corrected chi connectivity index (χ4v) is 5.01. The van der Waals surface area contributed by atoms with E-state index >= 15 is 0 Å². The molecule has 2 heterocycles. The van der Waals surface area contributed by atoms with E-state index < -0.39 is 6.03 Å². The maximum Gasteiger partial charge on any atom is 0.319 e. The minimum atomic E-state index is -0.393. The zero-order chi connectivity index (χ0) is 32.4. The molecule has 11 heteroatoms. The summed E-state index contributed by atoms with van der Waals surface area (Å²) in [5, 5.41) is 6.29. The Morgan fingerprint density at radius 1 is 1.02 bits per heavy atom. The van der Waals surface area contributed by atoms with Crippen molar-refractivity contribution < 1.29 is 28.8 Å². The summed E-state index contributed by atoms with van der Waals surface area (Å²) in [5.74, 6) is -0.256. The van der Waals surface area contributed by atoms with Crippen LogP contribution in [0.3, 0.4) is 0 Å². The second kappa shape index (κ2) is 20.0. The van der Waals surface area contributed by atoms with Crippen LogP contribution in [0.5, 0.6) is 0 Å². The Kier molecular flexibility index (Phi) is 17.2. The highest BCUT2D eigenvalue weighted by atomic mass is 35.5. The average Bonchev–Trinajstić information content (AvgIpc) is 3.48. The first-order valence-electron chi connectivity index (χ1n) is 14.1. The lowest BCUT2D eigenvalue weighted by molar-refractivity contribution is -0.145. The Balaban J connectivity index is 0.00000221. The van der Waals surface area contributed by atoms with Crippen LogP contribution in [0.2, 0.25) is 0 Å². The summed E-state index contributed by atoms with van der Waals surface area (Å²) in [6.07, 6.45) is 11.7. The standard InChI is InChI=1S/C30H39ClN4O4.2CH2O/c1-21(14-15-22(2)31)8-4-9-24-11-6-16-34(29(24)38)20-28(37)35-17-7-13-27(35)19-32-30(39)33-26-12-5-10-25(18-26)23(3)36;2*1-2/h4-5,8,10,12,14-15,18,24,27H,6-7,9,11,13,16-17,19-20H2,1-3H3,(H2,32,33,39);2*1H2/b8-4+,21-14+,22-15+;;/t24-,27-;;/m0../s1. The molecule has 0 bridgehead atoms. The van der Waals surface area contributed by atoms with E-state index in [-0.39, 0.29) is 36.1 Å². The first-order valence-corrected chi connectivity index (χ1v) is 14.5. The van der Waals surface area contributed by atoms with Crippen LogP contribution < -0.4 is 10.6 Å². The monoisotopic (exact) mass is 614 g/mol. The number of rotatable bonds is 10. The lowest BCUT2D eigenvalue weighted by Gasteiger charge is -2.34. The second-order valence-corrected chi connectivity index (χ2v) is 10.9. The number of allylic oxidation sites excluding steroid dienone is 6. The number of carbonyl (C=O) groups is 6. The summed E-state index contributed by atoms with van der Waals surface area (Å²) < 4.78 is 0. The molecule has 2 fully saturated rings. The molecule has 1 aromatic carbocycles. The minimum absolute atomic E-state index is 0.0263. The summed E-state index contributed by atoms with van der Waals surface area (Å²) in [6.45, 7) is 10.9. The van der Waals surface area contributed by atoms with Gasteiger partial charge in [-0.15, -0.1) is 0 Å². The number of likely N-dealkylation sites (tertiary alicyclic amines) is 2. The fourth-order valence-electron chi connectivity index (χ4n) is 4.95. The predicted octanol–water partition coefficient (Wildman–Crippen LogP) is 4.91. The van der Waals surface area contributed by atoms with Crippen molar-refractivity contribution in [2.75, 3.05) is 31.5 Å². The molecule has 4 amide bonds. The van der Waals surface area contributed by atoms with Gasteiger partial charge in [-0.3, -0.25) is 14.4 Å². The second-order valence-electron chi connectivity index (χ2n) is 10.3. The molecule has 0 radical (unpaired) electrons. The fraction of sp³-hybridized carbons (Fsp3) is 0.438. The van der Waals surface area contributed by atoms with Gasteiger partial charge in [0.05, 0.1) is 6.54 Å². The smallest absolute Gasteiger partial charge is 0.319 e. The SMILES string of the molecule is C=O.C=O.CC(=O)c1cccc(NC(=O)NC[C@@H]2CCCN2C(=O)CN2CCC[C@H](C/C=C/C(C)=C/C=C(\C)Cl)C2=O)c1.